The Morgan fingerprint density at radius 2 is 2.13 bits per heavy atom. The van der Waals surface area contributed by atoms with Gasteiger partial charge in [0, 0.05) is 18.6 Å². The summed E-state index contributed by atoms with van der Waals surface area (Å²) in [6.07, 6.45) is 7.17. The minimum atomic E-state index is 0.892. The summed E-state index contributed by atoms with van der Waals surface area (Å²) in [6.45, 7) is 6.37. The molecule has 3 atom stereocenters. The van der Waals surface area contributed by atoms with Crippen LogP contribution in [0.3, 0.4) is 0 Å². The molecule has 0 amide bonds. The van der Waals surface area contributed by atoms with Crippen molar-refractivity contribution in [2.45, 2.75) is 51.1 Å². The van der Waals surface area contributed by atoms with Gasteiger partial charge in [-0.3, -0.25) is 4.90 Å². The molecule has 0 aromatic rings. The molecule has 0 bridgehead atoms. The summed E-state index contributed by atoms with van der Waals surface area (Å²) in [6, 6.07) is 1.87. The molecule has 3 rings (SSSR count). The number of nitrogens with one attached hydrogen (secondary N) is 1. The highest BCUT2D eigenvalue weighted by Crippen LogP contribution is 2.40. The molecule has 0 spiro atoms. The molecule has 0 radical (unpaired) electrons. The molecule has 1 saturated heterocycles. The monoisotopic (exact) mass is 208 g/mol. The van der Waals surface area contributed by atoms with Gasteiger partial charge in [0.05, 0.1) is 0 Å². The van der Waals surface area contributed by atoms with E-state index in [2.05, 4.69) is 17.1 Å². The second-order valence-corrected chi connectivity index (χ2v) is 5.80. The summed E-state index contributed by atoms with van der Waals surface area (Å²) in [4.78, 5) is 2.76. The van der Waals surface area contributed by atoms with Crippen molar-refractivity contribution in [2.75, 3.05) is 19.6 Å². The van der Waals surface area contributed by atoms with E-state index in [1.807, 2.05) is 0 Å². The fourth-order valence-electron chi connectivity index (χ4n) is 3.07. The van der Waals surface area contributed by atoms with E-state index in [9.17, 15) is 0 Å². The predicted octanol–water partition coefficient (Wildman–Crippen LogP) is 1.86. The second kappa shape index (κ2) is 4.06. The van der Waals surface area contributed by atoms with Crippen LogP contribution in [0.4, 0.5) is 0 Å². The molecular formula is C13H24N2. The minimum absolute atomic E-state index is 0.892. The Kier molecular flexibility index (Phi) is 2.73. The lowest BCUT2D eigenvalue weighted by molar-refractivity contribution is 0.296. The Labute approximate surface area is 93.4 Å². The maximum atomic E-state index is 3.68. The van der Waals surface area contributed by atoms with Crippen LogP contribution in [0.5, 0.6) is 0 Å². The molecule has 86 valence electrons. The summed E-state index contributed by atoms with van der Waals surface area (Å²) in [7, 11) is 0. The smallest absolute Gasteiger partial charge is 0.0127 e. The molecule has 3 aliphatic rings. The Balaban J connectivity index is 1.38. The van der Waals surface area contributed by atoms with Crippen molar-refractivity contribution in [1.82, 2.24) is 10.2 Å². The first kappa shape index (κ1) is 10.1. The molecular weight excluding hydrogens is 184 g/mol. The Bertz CT molecular complexity index is 225. The van der Waals surface area contributed by atoms with Crippen LogP contribution in [-0.4, -0.2) is 36.6 Å². The highest BCUT2D eigenvalue weighted by Gasteiger charge is 2.42. The highest BCUT2D eigenvalue weighted by molar-refractivity contribution is 4.97. The molecule has 0 aromatic carbocycles. The zero-order valence-electron chi connectivity index (χ0n) is 9.91. The van der Waals surface area contributed by atoms with Gasteiger partial charge in [-0.05, 0) is 50.6 Å². The van der Waals surface area contributed by atoms with Gasteiger partial charge in [0.1, 0.15) is 0 Å². The van der Waals surface area contributed by atoms with Crippen molar-refractivity contribution in [1.29, 1.82) is 0 Å². The molecule has 2 heteroatoms. The van der Waals surface area contributed by atoms with E-state index in [-0.39, 0.29) is 0 Å². The van der Waals surface area contributed by atoms with Crippen LogP contribution in [0.15, 0.2) is 0 Å². The van der Waals surface area contributed by atoms with Crippen LogP contribution in [0.2, 0.25) is 0 Å². The van der Waals surface area contributed by atoms with Gasteiger partial charge >= 0.3 is 0 Å². The van der Waals surface area contributed by atoms with Gasteiger partial charge in [0.25, 0.3) is 0 Å². The molecule has 2 aliphatic carbocycles. The van der Waals surface area contributed by atoms with Gasteiger partial charge in [-0.25, -0.2) is 0 Å². The van der Waals surface area contributed by atoms with E-state index in [1.165, 1.54) is 51.7 Å². The molecule has 2 saturated carbocycles. The summed E-state index contributed by atoms with van der Waals surface area (Å²) in [5.41, 5.74) is 0. The first-order valence-corrected chi connectivity index (χ1v) is 6.84. The lowest BCUT2D eigenvalue weighted by Gasteiger charge is -2.16. The van der Waals surface area contributed by atoms with Crippen molar-refractivity contribution in [2.24, 2.45) is 11.8 Å². The topological polar surface area (TPSA) is 15.3 Å². The van der Waals surface area contributed by atoms with E-state index >= 15 is 0 Å². The van der Waals surface area contributed by atoms with Crippen molar-refractivity contribution >= 4 is 0 Å². The van der Waals surface area contributed by atoms with E-state index in [0.29, 0.717) is 0 Å². The SMILES string of the molecule is CCC1CC1N1CCC(CNC2CC2)C1. The quantitative estimate of drug-likeness (QED) is 0.742. The second-order valence-electron chi connectivity index (χ2n) is 5.80. The zero-order chi connectivity index (χ0) is 10.3. The van der Waals surface area contributed by atoms with Crippen LogP contribution >= 0.6 is 0 Å². The van der Waals surface area contributed by atoms with Gasteiger partial charge in [0.2, 0.25) is 0 Å². The summed E-state index contributed by atoms with van der Waals surface area (Å²) < 4.78 is 0. The van der Waals surface area contributed by atoms with Gasteiger partial charge in [-0.1, -0.05) is 13.3 Å². The molecule has 2 nitrogen and oxygen atoms in total. The third kappa shape index (κ3) is 2.36. The molecule has 0 aromatic heterocycles. The highest BCUT2D eigenvalue weighted by atomic mass is 15.2. The zero-order valence-corrected chi connectivity index (χ0v) is 9.91. The fraction of sp³-hybridized carbons (Fsp3) is 1.00. The van der Waals surface area contributed by atoms with Crippen LogP contribution in [0.25, 0.3) is 0 Å². The number of nitrogens with zero attached hydrogens (tertiary/aromatic N) is 1. The lowest BCUT2D eigenvalue weighted by atomic mass is 10.1. The van der Waals surface area contributed by atoms with E-state index < -0.39 is 0 Å². The largest absolute Gasteiger partial charge is 0.314 e. The third-order valence-corrected chi connectivity index (χ3v) is 4.47. The van der Waals surface area contributed by atoms with Crippen LogP contribution in [-0.2, 0) is 0 Å². The molecule has 1 aliphatic heterocycles. The van der Waals surface area contributed by atoms with Crippen molar-refractivity contribution in [3.63, 3.8) is 0 Å². The normalized spacial score (nSPS) is 41.0. The summed E-state index contributed by atoms with van der Waals surface area (Å²) in [5, 5.41) is 3.68. The average molecular weight is 208 g/mol. The van der Waals surface area contributed by atoms with Crippen LogP contribution in [0.1, 0.15) is 39.0 Å². The summed E-state index contributed by atoms with van der Waals surface area (Å²) >= 11 is 0. The van der Waals surface area contributed by atoms with Gasteiger partial charge in [-0.15, -0.1) is 0 Å². The third-order valence-electron chi connectivity index (χ3n) is 4.47. The van der Waals surface area contributed by atoms with Gasteiger partial charge in [0.15, 0.2) is 0 Å². The Morgan fingerprint density at radius 3 is 2.80 bits per heavy atom. The molecule has 1 N–H and O–H groups in total. The lowest BCUT2D eigenvalue weighted by Crippen LogP contribution is -2.29. The maximum Gasteiger partial charge on any atom is 0.0127 e. The van der Waals surface area contributed by atoms with E-state index in [1.54, 1.807) is 0 Å². The number of likely N-dealkylation sites (tertiary alicyclic amines) is 1. The minimum Gasteiger partial charge on any atom is -0.314 e. The Hall–Kier alpha value is -0.0800. The number of hydrogen-bond acceptors (Lipinski definition) is 2. The van der Waals surface area contributed by atoms with E-state index in [0.717, 1.165) is 23.9 Å². The van der Waals surface area contributed by atoms with Crippen molar-refractivity contribution < 1.29 is 0 Å². The standard InChI is InChI=1S/C13H24N2/c1-2-11-7-13(11)15-6-5-10(9-15)8-14-12-3-4-12/h10-14H,2-9H2,1H3. The van der Waals surface area contributed by atoms with Gasteiger partial charge in [-0.2, -0.15) is 0 Å². The molecule has 15 heavy (non-hydrogen) atoms. The first-order valence-electron chi connectivity index (χ1n) is 6.84. The fourth-order valence-corrected chi connectivity index (χ4v) is 3.07. The number of hydrogen-bond donors (Lipinski definition) is 1. The summed E-state index contributed by atoms with van der Waals surface area (Å²) in [5.74, 6) is 1.99. The van der Waals surface area contributed by atoms with Crippen molar-refractivity contribution in [3.05, 3.63) is 0 Å². The Morgan fingerprint density at radius 1 is 1.27 bits per heavy atom. The molecule has 3 fully saturated rings. The predicted molar refractivity (Wildman–Crippen MR) is 62.9 cm³/mol. The van der Waals surface area contributed by atoms with Crippen molar-refractivity contribution in [3.8, 4) is 0 Å². The van der Waals surface area contributed by atoms with Gasteiger partial charge < -0.3 is 5.32 Å². The number of rotatable bonds is 5. The maximum absolute atomic E-state index is 3.68. The first-order chi connectivity index (χ1) is 7.36. The molecule has 3 unspecified atom stereocenters. The van der Waals surface area contributed by atoms with E-state index in [4.69, 9.17) is 0 Å². The van der Waals surface area contributed by atoms with Crippen LogP contribution < -0.4 is 5.32 Å². The average Bonchev–Trinajstić information content (AvgIpc) is 3.16. The molecule has 1 heterocycles. The van der Waals surface area contributed by atoms with Crippen LogP contribution in [0, 0.1) is 11.8 Å².